The molecule has 2 aromatic carbocycles. The van der Waals surface area contributed by atoms with Gasteiger partial charge < -0.3 is 20.1 Å². The highest BCUT2D eigenvalue weighted by Gasteiger charge is 2.10. The maximum atomic E-state index is 13.5. The van der Waals surface area contributed by atoms with Gasteiger partial charge in [0.05, 0.1) is 32.1 Å². The average molecular weight is 322 g/mol. The van der Waals surface area contributed by atoms with Crippen molar-refractivity contribution in [2.45, 2.75) is 0 Å². The number of hydrogen-bond acceptors (Lipinski definition) is 4. The highest BCUT2D eigenvalue weighted by atomic mass is 19.1. The summed E-state index contributed by atoms with van der Waals surface area (Å²) in [7, 11) is 2.98. The molecule has 0 aliphatic rings. The Labute approximate surface area is 132 Å². The molecule has 0 spiro atoms. The number of carbonyl (C=O) groups is 1. The number of carbonyl (C=O) groups excluding carboxylic acids is 1. The standard InChI is InChI=1S/C16H16F2N2O3/c1-22-11-4-6-13(15(8-11)23-2)20-16(21)9-19-14-7-10(17)3-5-12(14)18/h3-8,19H,9H2,1-2H3,(H,20,21). The lowest BCUT2D eigenvalue weighted by atomic mass is 10.2. The van der Waals surface area contributed by atoms with Crippen LogP contribution < -0.4 is 20.1 Å². The van der Waals surface area contributed by atoms with Crippen molar-refractivity contribution in [2.24, 2.45) is 0 Å². The molecule has 5 nitrogen and oxygen atoms in total. The lowest BCUT2D eigenvalue weighted by Gasteiger charge is -2.12. The molecule has 0 unspecified atom stereocenters. The maximum Gasteiger partial charge on any atom is 0.243 e. The Morgan fingerprint density at radius 1 is 1.04 bits per heavy atom. The highest BCUT2D eigenvalue weighted by Crippen LogP contribution is 2.28. The number of rotatable bonds is 6. The molecule has 0 radical (unpaired) electrons. The number of amides is 1. The molecule has 2 rings (SSSR count). The largest absolute Gasteiger partial charge is 0.497 e. The Kier molecular flexibility index (Phi) is 5.35. The third kappa shape index (κ3) is 4.32. The molecule has 0 saturated heterocycles. The molecule has 2 N–H and O–H groups in total. The van der Waals surface area contributed by atoms with Crippen LogP contribution in [-0.4, -0.2) is 26.7 Å². The van der Waals surface area contributed by atoms with Crippen molar-refractivity contribution in [1.82, 2.24) is 0 Å². The normalized spacial score (nSPS) is 10.1. The zero-order valence-electron chi connectivity index (χ0n) is 12.7. The third-order valence-electron chi connectivity index (χ3n) is 3.05. The number of benzene rings is 2. The molecule has 0 heterocycles. The summed E-state index contributed by atoms with van der Waals surface area (Å²) in [5.41, 5.74) is 0.363. The monoisotopic (exact) mass is 322 g/mol. The smallest absolute Gasteiger partial charge is 0.243 e. The quantitative estimate of drug-likeness (QED) is 0.858. The summed E-state index contributed by atoms with van der Waals surface area (Å²) in [5.74, 6) is -0.654. The Balaban J connectivity index is 2.01. The fourth-order valence-corrected chi connectivity index (χ4v) is 1.90. The van der Waals surface area contributed by atoms with Crippen LogP contribution in [-0.2, 0) is 4.79 Å². The first kappa shape index (κ1) is 16.5. The molecule has 0 aliphatic heterocycles. The molecule has 7 heteroatoms. The van der Waals surface area contributed by atoms with E-state index in [0.717, 1.165) is 18.2 Å². The van der Waals surface area contributed by atoms with Crippen LogP contribution in [0.25, 0.3) is 0 Å². The van der Waals surface area contributed by atoms with E-state index in [0.29, 0.717) is 17.2 Å². The molecule has 122 valence electrons. The van der Waals surface area contributed by atoms with Crippen LogP contribution in [0.15, 0.2) is 36.4 Å². The molecule has 0 aromatic heterocycles. The van der Waals surface area contributed by atoms with Gasteiger partial charge in [0, 0.05) is 6.07 Å². The molecule has 0 fully saturated rings. The molecule has 0 atom stereocenters. The summed E-state index contributed by atoms with van der Waals surface area (Å²) in [6, 6.07) is 7.88. The van der Waals surface area contributed by atoms with Crippen molar-refractivity contribution >= 4 is 17.3 Å². The van der Waals surface area contributed by atoms with Crippen molar-refractivity contribution < 1.29 is 23.0 Å². The first-order chi connectivity index (χ1) is 11.0. The number of methoxy groups -OCH3 is 2. The predicted octanol–water partition coefficient (Wildman–Crippen LogP) is 3.03. The molecular formula is C16H16F2N2O3. The van der Waals surface area contributed by atoms with Gasteiger partial charge in [0.2, 0.25) is 5.91 Å². The van der Waals surface area contributed by atoms with E-state index in [1.54, 1.807) is 18.2 Å². The number of hydrogen-bond donors (Lipinski definition) is 2. The van der Waals surface area contributed by atoms with Crippen LogP contribution >= 0.6 is 0 Å². The van der Waals surface area contributed by atoms with Crippen molar-refractivity contribution in [3.63, 3.8) is 0 Å². The topological polar surface area (TPSA) is 59.6 Å². The van der Waals surface area contributed by atoms with Gasteiger partial charge in [-0.2, -0.15) is 0 Å². The second-order valence-electron chi connectivity index (χ2n) is 4.59. The number of anilines is 2. The minimum Gasteiger partial charge on any atom is -0.497 e. The first-order valence-electron chi connectivity index (χ1n) is 6.74. The summed E-state index contributed by atoms with van der Waals surface area (Å²) in [5, 5.41) is 5.16. The number of halogens is 2. The van der Waals surface area contributed by atoms with Crippen molar-refractivity contribution in [1.29, 1.82) is 0 Å². The lowest BCUT2D eigenvalue weighted by Crippen LogP contribution is -2.22. The van der Waals surface area contributed by atoms with E-state index in [1.165, 1.54) is 14.2 Å². The van der Waals surface area contributed by atoms with Crippen LogP contribution in [0.3, 0.4) is 0 Å². The van der Waals surface area contributed by atoms with E-state index in [4.69, 9.17) is 9.47 Å². The third-order valence-corrected chi connectivity index (χ3v) is 3.05. The Morgan fingerprint density at radius 3 is 2.52 bits per heavy atom. The number of nitrogens with one attached hydrogen (secondary N) is 2. The van der Waals surface area contributed by atoms with Crippen LogP contribution in [0, 0.1) is 11.6 Å². The Morgan fingerprint density at radius 2 is 1.83 bits per heavy atom. The molecule has 0 bridgehead atoms. The van der Waals surface area contributed by atoms with Crippen molar-refractivity contribution in [2.75, 3.05) is 31.4 Å². The van der Waals surface area contributed by atoms with E-state index in [-0.39, 0.29) is 12.2 Å². The van der Waals surface area contributed by atoms with Gasteiger partial charge in [0.25, 0.3) is 0 Å². The minimum atomic E-state index is -0.638. The van der Waals surface area contributed by atoms with Gasteiger partial charge in [-0.05, 0) is 30.3 Å². The van der Waals surface area contributed by atoms with E-state index >= 15 is 0 Å². The van der Waals surface area contributed by atoms with E-state index in [9.17, 15) is 13.6 Å². The van der Waals surface area contributed by atoms with E-state index in [2.05, 4.69) is 10.6 Å². The maximum absolute atomic E-state index is 13.5. The van der Waals surface area contributed by atoms with Crippen LogP contribution in [0.2, 0.25) is 0 Å². The van der Waals surface area contributed by atoms with Crippen molar-refractivity contribution in [3.8, 4) is 11.5 Å². The van der Waals surface area contributed by atoms with Crippen LogP contribution in [0.5, 0.6) is 11.5 Å². The first-order valence-corrected chi connectivity index (χ1v) is 6.74. The molecule has 2 aromatic rings. The molecular weight excluding hydrogens is 306 g/mol. The Bertz CT molecular complexity index is 708. The molecule has 23 heavy (non-hydrogen) atoms. The zero-order chi connectivity index (χ0) is 16.8. The second-order valence-corrected chi connectivity index (χ2v) is 4.59. The predicted molar refractivity (Wildman–Crippen MR) is 83.0 cm³/mol. The minimum absolute atomic E-state index is 0.0816. The van der Waals surface area contributed by atoms with Gasteiger partial charge in [-0.25, -0.2) is 8.78 Å². The highest BCUT2D eigenvalue weighted by molar-refractivity contribution is 5.95. The van der Waals surface area contributed by atoms with Gasteiger partial charge in [0.15, 0.2) is 0 Å². The number of ether oxygens (including phenoxy) is 2. The molecule has 1 amide bonds. The molecule has 0 aliphatic carbocycles. The van der Waals surface area contributed by atoms with Crippen LogP contribution in [0.4, 0.5) is 20.2 Å². The van der Waals surface area contributed by atoms with Gasteiger partial charge in [-0.3, -0.25) is 4.79 Å². The SMILES string of the molecule is COc1ccc(NC(=O)CNc2cc(F)ccc2F)c(OC)c1. The fraction of sp³-hybridized carbons (Fsp3) is 0.188. The molecule has 0 saturated carbocycles. The van der Waals surface area contributed by atoms with Crippen molar-refractivity contribution in [3.05, 3.63) is 48.0 Å². The lowest BCUT2D eigenvalue weighted by molar-refractivity contribution is -0.114. The summed E-state index contributed by atoms with van der Waals surface area (Å²) in [4.78, 5) is 11.9. The summed E-state index contributed by atoms with van der Waals surface area (Å²) >= 11 is 0. The van der Waals surface area contributed by atoms with Gasteiger partial charge >= 0.3 is 0 Å². The van der Waals surface area contributed by atoms with Gasteiger partial charge in [-0.15, -0.1) is 0 Å². The van der Waals surface area contributed by atoms with Gasteiger partial charge in [-0.1, -0.05) is 0 Å². The average Bonchev–Trinajstić information content (AvgIpc) is 2.56. The summed E-state index contributed by atoms with van der Waals surface area (Å²) in [6.07, 6.45) is 0. The summed E-state index contributed by atoms with van der Waals surface area (Å²) < 4.78 is 36.7. The van der Waals surface area contributed by atoms with E-state index < -0.39 is 17.5 Å². The fourth-order valence-electron chi connectivity index (χ4n) is 1.90. The summed E-state index contributed by atoms with van der Waals surface area (Å²) in [6.45, 7) is -0.227. The van der Waals surface area contributed by atoms with Crippen LogP contribution in [0.1, 0.15) is 0 Å². The zero-order valence-corrected chi connectivity index (χ0v) is 12.7. The second kappa shape index (κ2) is 7.44. The van der Waals surface area contributed by atoms with E-state index in [1.807, 2.05) is 0 Å². The Hall–Kier alpha value is -2.83. The van der Waals surface area contributed by atoms with Gasteiger partial charge in [0.1, 0.15) is 23.1 Å².